The van der Waals surface area contributed by atoms with Crippen LogP contribution in [-0.2, 0) is 16.1 Å². The summed E-state index contributed by atoms with van der Waals surface area (Å²) in [6, 6.07) is 7.10. The molecule has 0 spiro atoms. The van der Waals surface area contributed by atoms with Crippen LogP contribution in [0.1, 0.15) is 49.6 Å². The molecule has 158 valence electrons. The Morgan fingerprint density at radius 3 is 2.61 bits per heavy atom. The van der Waals surface area contributed by atoms with E-state index >= 15 is 0 Å². The predicted molar refractivity (Wildman–Crippen MR) is 110 cm³/mol. The van der Waals surface area contributed by atoms with Crippen LogP contribution in [0.4, 0.5) is 0 Å². The third kappa shape index (κ3) is 3.93. The number of hydrogen-bond donors (Lipinski definition) is 2. The predicted octanol–water partition coefficient (Wildman–Crippen LogP) is 1.13. The third-order valence-corrected chi connectivity index (χ3v) is 5.87. The number of carbonyl (C=O) groups excluding carboxylic acids is 5. The Labute approximate surface area is 181 Å². The van der Waals surface area contributed by atoms with Crippen LogP contribution in [0.2, 0.25) is 0 Å². The number of nitrogens with zero attached hydrogens (tertiary/aromatic N) is 2. The van der Waals surface area contributed by atoms with Gasteiger partial charge in [0.1, 0.15) is 11.7 Å². The monoisotopic (exact) mass is 438 g/mol. The highest BCUT2D eigenvalue weighted by atomic mass is 32.2. The fourth-order valence-electron chi connectivity index (χ4n) is 3.54. The lowest BCUT2D eigenvalue weighted by Gasteiger charge is -2.27. The molecule has 9 nitrogen and oxygen atoms in total. The van der Waals surface area contributed by atoms with Gasteiger partial charge in [-0.2, -0.15) is 0 Å². The largest absolute Gasteiger partial charge is 0.347 e. The maximum Gasteiger partial charge on any atom is 0.270 e. The normalized spacial score (nSPS) is 18.1. The average Bonchev–Trinajstić information content (AvgIpc) is 3.02. The molecule has 1 atom stereocenters. The summed E-state index contributed by atoms with van der Waals surface area (Å²) in [6.45, 7) is 0.137. The molecule has 1 aromatic carbocycles. The summed E-state index contributed by atoms with van der Waals surface area (Å²) in [6.07, 6.45) is 3.69. The summed E-state index contributed by atoms with van der Waals surface area (Å²) < 4.78 is 0. The fraction of sp³-hybridized carbons (Fsp3) is 0.238. The zero-order valence-electron chi connectivity index (χ0n) is 16.5. The number of rotatable bonds is 5. The van der Waals surface area contributed by atoms with E-state index in [1.165, 1.54) is 23.9 Å². The summed E-state index contributed by atoms with van der Waals surface area (Å²) in [5.41, 5.74) is 1.26. The Kier molecular flexibility index (Phi) is 5.55. The molecule has 0 radical (unpaired) electrons. The molecule has 2 N–H and O–H groups in total. The van der Waals surface area contributed by atoms with Crippen molar-refractivity contribution in [3.8, 4) is 0 Å². The Bertz CT molecular complexity index is 1120. The van der Waals surface area contributed by atoms with Crippen molar-refractivity contribution >= 4 is 41.3 Å². The van der Waals surface area contributed by atoms with E-state index in [2.05, 4.69) is 15.6 Å². The molecule has 1 aromatic heterocycles. The molecule has 1 saturated heterocycles. The molecular weight excluding hydrogens is 420 g/mol. The quantitative estimate of drug-likeness (QED) is 0.530. The zero-order valence-corrected chi connectivity index (χ0v) is 17.3. The number of pyridine rings is 1. The summed E-state index contributed by atoms with van der Waals surface area (Å²) in [5.74, 6) is -2.59. The average molecular weight is 438 g/mol. The number of benzene rings is 1. The van der Waals surface area contributed by atoms with Gasteiger partial charge in [0.25, 0.3) is 17.7 Å². The molecule has 1 fully saturated rings. The maximum absolute atomic E-state index is 12.8. The first-order valence-electron chi connectivity index (χ1n) is 9.52. The highest BCUT2D eigenvalue weighted by Gasteiger charge is 2.44. The second kappa shape index (κ2) is 8.31. The molecule has 0 bridgehead atoms. The SMILES string of the molecule is CSc1ccc(C(=O)NCc2ccc3c(c2)C(=O)N([C@@H]2CCC(=O)NC2=O)C3=O)nc1. The Morgan fingerprint density at radius 1 is 1.16 bits per heavy atom. The molecule has 5 amide bonds. The second-order valence-electron chi connectivity index (χ2n) is 7.09. The van der Waals surface area contributed by atoms with Gasteiger partial charge >= 0.3 is 0 Å². The number of carbonyl (C=O) groups is 5. The van der Waals surface area contributed by atoms with Gasteiger partial charge in [-0.15, -0.1) is 11.8 Å². The Balaban J connectivity index is 1.47. The molecule has 4 rings (SSSR count). The molecule has 0 saturated carbocycles. The standard InChI is InChI=1S/C21H18N4O5S/c1-31-12-3-5-15(22-10-12)18(27)23-9-11-2-4-13-14(8-11)21(30)25(20(13)29)16-6-7-17(26)24-19(16)28/h2-5,8,10,16H,6-7,9H2,1H3,(H,23,27)(H,24,26,28)/t16-/m1/s1. The Hall–Kier alpha value is -3.53. The lowest BCUT2D eigenvalue weighted by molar-refractivity contribution is -0.136. The van der Waals surface area contributed by atoms with Crippen molar-refractivity contribution < 1.29 is 24.0 Å². The summed E-state index contributed by atoms with van der Waals surface area (Å²) in [5, 5.41) is 4.90. The number of piperidine rings is 1. The molecule has 2 aliphatic rings. The first kappa shape index (κ1) is 20.7. The minimum absolute atomic E-state index is 0.0626. The number of amides is 5. The van der Waals surface area contributed by atoms with Crippen molar-refractivity contribution in [3.63, 3.8) is 0 Å². The highest BCUT2D eigenvalue weighted by Crippen LogP contribution is 2.28. The summed E-state index contributed by atoms with van der Waals surface area (Å²) in [7, 11) is 0. The van der Waals surface area contributed by atoms with E-state index in [1.54, 1.807) is 24.4 Å². The van der Waals surface area contributed by atoms with E-state index in [1.807, 2.05) is 6.26 Å². The van der Waals surface area contributed by atoms with Crippen LogP contribution in [0.15, 0.2) is 41.4 Å². The number of hydrogen-bond acceptors (Lipinski definition) is 7. The summed E-state index contributed by atoms with van der Waals surface area (Å²) in [4.78, 5) is 67.3. The molecule has 2 aromatic rings. The molecule has 10 heteroatoms. The molecule has 0 unspecified atom stereocenters. The lowest BCUT2D eigenvalue weighted by atomic mass is 10.0. The van der Waals surface area contributed by atoms with E-state index in [4.69, 9.17) is 0 Å². The van der Waals surface area contributed by atoms with Crippen LogP contribution in [0.5, 0.6) is 0 Å². The van der Waals surface area contributed by atoms with Crippen LogP contribution in [-0.4, -0.2) is 51.7 Å². The van der Waals surface area contributed by atoms with Crippen LogP contribution in [0.25, 0.3) is 0 Å². The highest BCUT2D eigenvalue weighted by molar-refractivity contribution is 7.98. The van der Waals surface area contributed by atoms with E-state index < -0.39 is 29.7 Å². The number of aromatic nitrogens is 1. The third-order valence-electron chi connectivity index (χ3n) is 5.16. The van der Waals surface area contributed by atoms with Gasteiger partial charge in [-0.1, -0.05) is 6.07 Å². The van der Waals surface area contributed by atoms with Crippen LogP contribution >= 0.6 is 11.8 Å². The Morgan fingerprint density at radius 2 is 1.94 bits per heavy atom. The van der Waals surface area contributed by atoms with Gasteiger partial charge in [0.05, 0.1) is 11.1 Å². The maximum atomic E-state index is 12.8. The van der Waals surface area contributed by atoms with Gasteiger partial charge < -0.3 is 5.32 Å². The van der Waals surface area contributed by atoms with Gasteiger partial charge in [-0.25, -0.2) is 4.98 Å². The molecule has 31 heavy (non-hydrogen) atoms. The molecule has 0 aliphatic carbocycles. The fourth-order valence-corrected chi connectivity index (χ4v) is 3.90. The topological polar surface area (TPSA) is 126 Å². The van der Waals surface area contributed by atoms with Crippen molar-refractivity contribution in [1.29, 1.82) is 0 Å². The number of thioether (sulfide) groups is 1. The first-order valence-corrected chi connectivity index (χ1v) is 10.7. The molecule has 3 heterocycles. The van der Waals surface area contributed by atoms with Gasteiger partial charge in [0.2, 0.25) is 11.8 Å². The minimum atomic E-state index is -1.01. The number of nitrogens with one attached hydrogen (secondary N) is 2. The van der Waals surface area contributed by atoms with E-state index in [-0.39, 0.29) is 42.1 Å². The smallest absolute Gasteiger partial charge is 0.270 e. The second-order valence-corrected chi connectivity index (χ2v) is 7.97. The zero-order chi connectivity index (χ0) is 22.1. The van der Waals surface area contributed by atoms with Gasteiger partial charge in [0, 0.05) is 24.1 Å². The van der Waals surface area contributed by atoms with Crippen molar-refractivity contribution in [1.82, 2.24) is 20.5 Å². The van der Waals surface area contributed by atoms with Crippen molar-refractivity contribution in [2.45, 2.75) is 30.3 Å². The number of imide groups is 2. The lowest BCUT2D eigenvalue weighted by Crippen LogP contribution is -2.54. The van der Waals surface area contributed by atoms with Crippen molar-refractivity contribution in [2.24, 2.45) is 0 Å². The van der Waals surface area contributed by atoms with E-state index in [9.17, 15) is 24.0 Å². The van der Waals surface area contributed by atoms with E-state index in [0.717, 1.165) is 9.80 Å². The van der Waals surface area contributed by atoms with Crippen LogP contribution in [0, 0.1) is 0 Å². The van der Waals surface area contributed by atoms with Gasteiger partial charge in [-0.05, 0) is 42.5 Å². The molecular formula is C21H18N4O5S. The van der Waals surface area contributed by atoms with Gasteiger partial charge in [-0.3, -0.25) is 34.2 Å². The number of fused-ring (bicyclic) bond motifs is 1. The first-order chi connectivity index (χ1) is 14.9. The minimum Gasteiger partial charge on any atom is -0.347 e. The van der Waals surface area contributed by atoms with Crippen molar-refractivity contribution in [3.05, 3.63) is 58.9 Å². The molecule has 2 aliphatic heterocycles. The summed E-state index contributed by atoms with van der Waals surface area (Å²) >= 11 is 1.52. The van der Waals surface area contributed by atoms with Crippen LogP contribution in [0.3, 0.4) is 0 Å². The van der Waals surface area contributed by atoms with E-state index in [0.29, 0.717) is 5.56 Å². The van der Waals surface area contributed by atoms with Gasteiger partial charge in [0.15, 0.2) is 0 Å². The van der Waals surface area contributed by atoms with Crippen molar-refractivity contribution in [2.75, 3.05) is 6.26 Å². The van der Waals surface area contributed by atoms with Crippen LogP contribution < -0.4 is 10.6 Å².